The zero-order valence-corrected chi connectivity index (χ0v) is 6.38. The Hall–Kier alpha value is 0.819. The first-order valence-electron chi connectivity index (χ1n) is 1.30. The third-order valence-electron chi connectivity index (χ3n) is 0.300. The van der Waals surface area contributed by atoms with Gasteiger partial charge in [0.25, 0.3) is 0 Å². The molecule has 0 fully saturated rings. The average molecular weight is 221 g/mol. The van der Waals surface area contributed by atoms with E-state index in [0.29, 0.717) is 0 Å². The Bertz CT molecular complexity index is 140. The van der Waals surface area contributed by atoms with Gasteiger partial charge in [0.1, 0.15) is 0 Å². The standard InChI is InChI=1S/Cu.H4O6P2/c;1-7(2,3)8(4,5)6/h;(H2,1,2,3)(H2,4,5,6)/p-4. The monoisotopic (exact) mass is 221 g/mol. The molecule has 0 atom stereocenters. The first kappa shape index (κ1) is 12.5. The van der Waals surface area contributed by atoms with Gasteiger partial charge in [-0.2, -0.15) is 0 Å². The molecule has 6 nitrogen and oxygen atoms in total. The van der Waals surface area contributed by atoms with Crippen molar-refractivity contribution in [2.75, 3.05) is 0 Å². The van der Waals surface area contributed by atoms with Crippen molar-refractivity contribution in [1.29, 1.82) is 0 Å². The van der Waals surface area contributed by atoms with Crippen LogP contribution in [0.2, 0.25) is 0 Å². The summed E-state index contributed by atoms with van der Waals surface area (Å²) < 4.78 is 18.5. The molecule has 0 saturated carbocycles. The van der Waals surface area contributed by atoms with Crippen molar-refractivity contribution in [2.45, 2.75) is 0 Å². The minimum absolute atomic E-state index is 0. The summed E-state index contributed by atoms with van der Waals surface area (Å²) in [7, 11) is -11.8. The maximum atomic E-state index is 9.24. The number of rotatable bonds is 1. The molecule has 0 aliphatic heterocycles. The van der Waals surface area contributed by atoms with Crippen LogP contribution in [0.15, 0.2) is 0 Å². The van der Waals surface area contributed by atoms with Gasteiger partial charge in [0.2, 0.25) is 0 Å². The van der Waals surface area contributed by atoms with Crippen LogP contribution in [-0.2, 0) is 26.2 Å². The van der Waals surface area contributed by atoms with Crippen molar-refractivity contribution in [3.63, 3.8) is 0 Å². The summed E-state index contributed by atoms with van der Waals surface area (Å²) in [5.74, 6) is 0. The van der Waals surface area contributed by atoms with Crippen molar-refractivity contribution < 1.29 is 45.8 Å². The molecule has 0 spiro atoms. The molecule has 0 aromatic carbocycles. The van der Waals surface area contributed by atoms with Crippen LogP contribution in [0.1, 0.15) is 0 Å². The topological polar surface area (TPSA) is 126 Å². The minimum Gasteiger partial charge on any atom is -0.807 e. The summed E-state index contributed by atoms with van der Waals surface area (Å²) in [5.41, 5.74) is 0. The molecule has 0 N–H and O–H groups in total. The predicted molar refractivity (Wildman–Crippen MR) is 15.2 cm³/mol. The Labute approximate surface area is 61.0 Å². The van der Waals surface area contributed by atoms with Crippen LogP contribution >= 0.6 is 14.6 Å². The van der Waals surface area contributed by atoms with Gasteiger partial charge < -0.3 is 28.7 Å². The van der Waals surface area contributed by atoms with E-state index in [4.69, 9.17) is 0 Å². The normalized spacial score (nSPS) is 12.4. The second kappa shape index (κ2) is 3.28. The molecule has 0 aliphatic rings. The first-order valence-corrected chi connectivity index (χ1v) is 5.09. The van der Waals surface area contributed by atoms with Gasteiger partial charge in [-0.05, 0) is 14.6 Å². The van der Waals surface area contributed by atoms with E-state index in [2.05, 4.69) is 0 Å². The number of hydrogen-bond donors (Lipinski definition) is 0. The third kappa shape index (κ3) is 4.25. The fraction of sp³-hybridized carbons (Fsp3) is 0. The zero-order chi connectivity index (χ0) is 7.00. The largest absolute Gasteiger partial charge is 0.807 e. The minimum atomic E-state index is -5.91. The van der Waals surface area contributed by atoms with Crippen LogP contribution in [0, 0.1) is 0 Å². The second-order valence-electron chi connectivity index (χ2n) is 0.937. The average Bonchev–Trinajstić information content (AvgIpc) is 1.25. The van der Waals surface area contributed by atoms with Crippen molar-refractivity contribution in [2.24, 2.45) is 0 Å². The number of hydrogen-bond acceptors (Lipinski definition) is 6. The zero-order valence-electron chi connectivity index (χ0n) is 3.65. The van der Waals surface area contributed by atoms with E-state index in [1.807, 2.05) is 0 Å². The SMILES string of the molecule is O=P([O-])([O-])P(=O)([O-])[O-].[Cu]. The van der Waals surface area contributed by atoms with Gasteiger partial charge in [-0.3, -0.25) is 0 Å². The van der Waals surface area contributed by atoms with Gasteiger partial charge in [-0.25, -0.2) is 0 Å². The maximum Gasteiger partial charge on any atom is 0 e. The van der Waals surface area contributed by atoms with E-state index in [-0.39, 0.29) is 17.1 Å². The van der Waals surface area contributed by atoms with Crippen molar-refractivity contribution in [3.05, 3.63) is 0 Å². The van der Waals surface area contributed by atoms with E-state index in [1.165, 1.54) is 0 Å². The Balaban J connectivity index is 0. The van der Waals surface area contributed by atoms with E-state index in [1.54, 1.807) is 0 Å². The molecule has 0 rings (SSSR count). The molecule has 0 saturated heterocycles. The summed E-state index contributed by atoms with van der Waals surface area (Å²) in [5, 5.41) is 0. The van der Waals surface area contributed by atoms with Crippen LogP contribution in [0.5, 0.6) is 0 Å². The van der Waals surface area contributed by atoms with Crippen molar-refractivity contribution in [1.82, 2.24) is 0 Å². The van der Waals surface area contributed by atoms with Gasteiger partial charge in [-0.1, -0.05) is 0 Å². The predicted octanol–water partition coefficient (Wildman–Crippen LogP) is -3.27. The van der Waals surface area contributed by atoms with Crippen LogP contribution in [-0.4, -0.2) is 0 Å². The van der Waals surface area contributed by atoms with Gasteiger partial charge in [-0.15, -0.1) is 0 Å². The van der Waals surface area contributed by atoms with Crippen LogP contribution in [0.4, 0.5) is 0 Å². The van der Waals surface area contributed by atoms with Gasteiger partial charge in [0.05, 0.1) is 0 Å². The molecule has 0 aromatic heterocycles. The smallest absolute Gasteiger partial charge is 0 e. The van der Waals surface area contributed by atoms with Crippen LogP contribution < -0.4 is 19.6 Å². The fourth-order valence-electron chi connectivity index (χ4n) is 0. The van der Waals surface area contributed by atoms with E-state index >= 15 is 0 Å². The first-order chi connectivity index (χ1) is 3.25. The molecule has 0 bridgehead atoms. The van der Waals surface area contributed by atoms with Gasteiger partial charge >= 0.3 is 0 Å². The van der Waals surface area contributed by atoms with E-state index in [9.17, 15) is 28.7 Å². The summed E-state index contributed by atoms with van der Waals surface area (Å²) in [6.07, 6.45) is 0. The summed E-state index contributed by atoms with van der Waals surface area (Å²) in [6, 6.07) is 0. The molecular weight excluding hydrogens is 221 g/mol. The summed E-state index contributed by atoms with van der Waals surface area (Å²) in [6.45, 7) is 0. The molecular formula is CuO6P2-4. The molecule has 61 valence electrons. The van der Waals surface area contributed by atoms with E-state index < -0.39 is 14.6 Å². The summed E-state index contributed by atoms with van der Waals surface area (Å²) in [4.78, 5) is 36.9. The Morgan fingerprint density at radius 3 is 0.889 bits per heavy atom. The molecule has 0 unspecified atom stereocenters. The van der Waals surface area contributed by atoms with Crippen LogP contribution in [0.25, 0.3) is 0 Å². The van der Waals surface area contributed by atoms with Crippen molar-refractivity contribution in [3.8, 4) is 0 Å². The Morgan fingerprint density at radius 2 is 0.889 bits per heavy atom. The molecule has 0 aliphatic carbocycles. The molecule has 9 heavy (non-hydrogen) atoms. The van der Waals surface area contributed by atoms with E-state index in [0.717, 1.165) is 0 Å². The summed E-state index contributed by atoms with van der Waals surface area (Å²) >= 11 is 0. The van der Waals surface area contributed by atoms with Gasteiger partial charge in [0, 0.05) is 17.1 Å². The maximum absolute atomic E-state index is 9.24. The molecule has 1 radical (unpaired) electrons. The third-order valence-corrected chi connectivity index (χ3v) is 2.70. The Kier molecular flexibility index (Phi) is 4.55. The quantitative estimate of drug-likeness (QED) is 0.338. The van der Waals surface area contributed by atoms with Crippen LogP contribution in [0.3, 0.4) is 0 Å². The second-order valence-corrected chi connectivity index (χ2v) is 5.75. The molecule has 0 amide bonds. The molecule has 0 heterocycles. The molecule has 9 heteroatoms. The fourth-order valence-corrected chi connectivity index (χ4v) is 0. The molecule has 0 aromatic rings. The Morgan fingerprint density at radius 1 is 0.778 bits per heavy atom. The van der Waals surface area contributed by atoms with Gasteiger partial charge in [0.15, 0.2) is 0 Å². The van der Waals surface area contributed by atoms with Crippen molar-refractivity contribution >= 4 is 14.6 Å².